The van der Waals surface area contributed by atoms with Crippen molar-refractivity contribution >= 4 is 55.9 Å². The lowest BCUT2D eigenvalue weighted by atomic mass is 10.1. The van der Waals surface area contributed by atoms with Gasteiger partial charge in [-0.1, -0.05) is 52.4 Å². The molecule has 7 rings (SSSR count). The van der Waals surface area contributed by atoms with Gasteiger partial charge in [0.25, 0.3) is 0 Å². The van der Waals surface area contributed by atoms with Crippen molar-refractivity contribution < 1.29 is 18.9 Å². The quantitative estimate of drug-likeness (QED) is 0.0781. The molecule has 0 unspecified atom stereocenters. The first-order chi connectivity index (χ1) is 28.1. The van der Waals surface area contributed by atoms with E-state index in [1.165, 1.54) is 38.5 Å². The third-order valence-corrected chi connectivity index (χ3v) is 10.5. The number of nitrogens with one attached hydrogen (secondary N) is 1. The second kappa shape index (κ2) is 19.2. The van der Waals surface area contributed by atoms with E-state index in [4.69, 9.17) is 18.9 Å². The van der Waals surface area contributed by atoms with E-state index >= 15 is 0 Å². The summed E-state index contributed by atoms with van der Waals surface area (Å²) in [5.41, 5.74) is 8.38. The highest BCUT2D eigenvalue weighted by atomic mass is 16.5. The van der Waals surface area contributed by atoms with Crippen molar-refractivity contribution in [3.63, 3.8) is 0 Å². The fourth-order valence-electron chi connectivity index (χ4n) is 7.33. The Morgan fingerprint density at radius 1 is 0.386 bits per heavy atom. The van der Waals surface area contributed by atoms with Gasteiger partial charge in [-0.15, -0.1) is 0 Å². The number of H-pyrrole nitrogens is 1. The normalized spacial score (nSPS) is 11.2. The summed E-state index contributed by atoms with van der Waals surface area (Å²) < 4.78 is 23.2. The number of aromatic nitrogens is 1. The van der Waals surface area contributed by atoms with Crippen molar-refractivity contribution in [2.45, 2.75) is 65.2 Å². The van der Waals surface area contributed by atoms with E-state index in [-0.39, 0.29) is 0 Å². The molecule has 0 spiro atoms. The van der Waals surface area contributed by atoms with Crippen LogP contribution >= 0.6 is 0 Å². The van der Waals surface area contributed by atoms with Gasteiger partial charge in [-0.05, 0) is 146 Å². The highest BCUT2D eigenvalue weighted by Crippen LogP contribution is 2.42. The summed E-state index contributed by atoms with van der Waals surface area (Å²) in [6.45, 7) is 5.92. The van der Waals surface area contributed by atoms with Crippen molar-refractivity contribution in [3.8, 4) is 23.0 Å². The summed E-state index contributed by atoms with van der Waals surface area (Å²) in [6.07, 6.45) is 9.44. The van der Waals surface area contributed by atoms with E-state index in [1.54, 1.807) is 14.2 Å². The molecule has 0 aliphatic carbocycles. The van der Waals surface area contributed by atoms with Crippen LogP contribution in [0, 0.1) is 0 Å². The zero-order valence-corrected chi connectivity index (χ0v) is 33.8. The highest BCUT2D eigenvalue weighted by molar-refractivity contribution is 6.10. The minimum absolute atomic E-state index is 0.732. The van der Waals surface area contributed by atoms with Crippen LogP contribution in [-0.4, -0.2) is 32.4 Å². The van der Waals surface area contributed by atoms with Gasteiger partial charge in [-0.2, -0.15) is 0 Å². The Bertz CT molecular complexity index is 2140. The molecule has 0 amide bonds. The predicted molar refractivity (Wildman–Crippen MR) is 238 cm³/mol. The first-order valence-corrected chi connectivity index (χ1v) is 20.5. The minimum Gasteiger partial charge on any atom is -0.497 e. The van der Waals surface area contributed by atoms with E-state index in [9.17, 15) is 0 Å². The summed E-state index contributed by atoms with van der Waals surface area (Å²) in [7, 11) is 3.39. The molecule has 294 valence electrons. The Hall–Kier alpha value is -6.08. The minimum atomic E-state index is 0.732. The van der Waals surface area contributed by atoms with Gasteiger partial charge in [-0.25, -0.2) is 0 Å². The van der Waals surface area contributed by atoms with E-state index in [1.807, 2.05) is 24.3 Å². The first kappa shape index (κ1) is 39.2. The number of unbranched alkanes of at least 4 members (excludes halogenated alkanes) is 6. The monoisotopic (exact) mass is 761 g/mol. The Morgan fingerprint density at radius 3 is 1.05 bits per heavy atom. The molecule has 57 heavy (non-hydrogen) atoms. The maximum atomic E-state index is 6.11. The summed E-state index contributed by atoms with van der Waals surface area (Å²) in [6, 6.07) is 46.5. The van der Waals surface area contributed by atoms with Gasteiger partial charge in [0.1, 0.15) is 23.0 Å². The molecule has 1 heterocycles. The molecule has 7 heteroatoms. The number of benzene rings is 6. The average molecular weight is 762 g/mol. The number of methoxy groups -OCH3 is 2. The van der Waals surface area contributed by atoms with Crippen molar-refractivity contribution in [3.05, 3.63) is 133 Å². The van der Waals surface area contributed by atoms with Gasteiger partial charge >= 0.3 is 0 Å². The topological polar surface area (TPSA) is 59.2 Å². The number of rotatable bonds is 20. The lowest BCUT2D eigenvalue weighted by Crippen LogP contribution is -2.10. The highest BCUT2D eigenvalue weighted by Gasteiger charge is 2.18. The molecule has 1 N–H and O–H groups in total. The molecule has 0 atom stereocenters. The van der Waals surface area contributed by atoms with Gasteiger partial charge in [0.05, 0.1) is 27.4 Å². The van der Waals surface area contributed by atoms with Crippen LogP contribution in [0.5, 0.6) is 23.0 Å². The van der Waals surface area contributed by atoms with Crippen LogP contribution in [0.4, 0.5) is 34.1 Å². The molecule has 7 nitrogen and oxygen atoms in total. The standard InChI is InChI=1S/C50H55N3O4/c1-5-7-9-11-33-56-45-27-17-39(18-28-45)52(37-13-23-43(54-3)24-14-37)41-21-31-49-47(35-41)48-36-42(22-32-50(48)51-49)53(38-15-25-44(55-4)26-16-38)40-19-29-46(30-20-40)57-34-12-10-8-6-2/h13-32,35-36,51H,5-12,33-34H2,1-4H3. The number of anilines is 6. The molecule has 7 aromatic rings. The molecule has 0 saturated carbocycles. The number of hydrogen-bond acceptors (Lipinski definition) is 6. The van der Waals surface area contributed by atoms with Crippen LogP contribution in [0.25, 0.3) is 21.8 Å². The van der Waals surface area contributed by atoms with Crippen LogP contribution in [0.2, 0.25) is 0 Å². The summed E-state index contributed by atoms with van der Waals surface area (Å²) in [5, 5.41) is 2.27. The van der Waals surface area contributed by atoms with Gasteiger partial charge in [-0.3, -0.25) is 0 Å². The van der Waals surface area contributed by atoms with E-state index in [2.05, 4.69) is 138 Å². The van der Waals surface area contributed by atoms with Crippen molar-refractivity contribution in [2.24, 2.45) is 0 Å². The van der Waals surface area contributed by atoms with E-state index < -0.39 is 0 Å². The van der Waals surface area contributed by atoms with E-state index in [0.717, 1.165) is 105 Å². The molecule has 0 bridgehead atoms. The number of aromatic amines is 1. The Morgan fingerprint density at radius 2 is 0.719 bits per heavy atom. The smallest absolute Gasteiger partial charge is 0.119 e. The van der Waals surface area contributed by atoms with Gasteiger partial charge in [0.15, 0.2) is 0 Å². The second-order valence-corrected chi connectivity index (χ2v) is 14.5. The number of ether oxygens (including phenoxy) is 4. The summed E-state index contributed by atoms with van der Waals surface area (Å²) >= 11 is 0. The largest absolute Gasteiger partial charge is 0.497 e. The number of fused-ring (bicyclic) bond motifs is 3. The van der Waals surface area contributed by atoms with Crippen molar-refractivity contribution in [2.75, 3.05) is 37.2 Å². The molecule has 6 aromatic carbocycles. The zero-order valence-electron chi connectivity index (χ0n) is 33.8. The van der Waals surface area contributed by atoms with E-state index in [0.29, 0.717) is 0 Å². The first-order valence-electron chi connectivity index (χ1n) is 20.5. The predicted octanol–water partition coefficient (Wildman–Crippen LogP) is 14.2. The number of nitrogens with zero attached hydrogens (tertiary/aromatic N) is 2. The molecule has 1 aromatic heterocycles. The Balaban J connectivity index is 1.24. The molecule has 0 saturated heterocycles. The molecule has 0 aliphatic rings. The maximum Gasteiger partial charge on any atom is 0.119 e. The summed E-state index contributed by atoms with van der Waals surface area (Å²) in [5.74, 6) is 3.40. The zero-order chi connectivity index (χ0) is 39.4. The van der Waals surface area contributed by atoms with Crippen molar-refractivity contribution in [1.82, 2.24) is 4.98 Å². The number of hydrogen-bond donors (Lipinski definition) is 1. The molecular weight excluding hydrogens is 707 g/mol. The molecule has 0 aliphatic heterocycles. The second-order valence-electron chi connectivity index (χ2n) is 14.5. The van der Waals surface area contributed by atoms with Gasteiger partial charge in [0.2, 0.25) is 0 Å². The average Bonchev–Trinajstić information content (AvgIpc) is 3.62. The third kappa shape index (κ3) is 9.49. The molecule has 0 radical (unpaired) electrons. The van der Waals surface area contributed by atoms with Crippen molar-refractivity contribution in [1.29, 1.82) is 0 Å². The fourth-order valence-corrected chi connectivity index (χ4v) is 7.33. The fraction of sp³-hybridized carbons (Fsp3) is 0.280. The molecular formula is C50H55N3O4. The van der Waals surface area contributed by atoms with Crippen LogP contribution in [-0.2, 0) is 0 Å². The van der Waals surface area contributed by atoms with Crippen LogP contribution in [0.3, 0.4) is 0 Å². The van der Waals surface area contributed by atoms with Crippen LogP contribution in [0.1, 0.15) is 65.2 Å². The van der Waals surface area contributed by atoms with Gasteiger partial charge in [0, 0.05) is 55.9 Å². The lowest BCUT2D eigenvalue weighted by Gasteiger charge is -2.26. The Kier molecular flexibility index (Phi) is 13.2. The maximum absolute atomic E-state index is 6.11. The SMILES string of the molecule is CCCCCCOc1ccc(N(c2ccc(OC)cc2)c2ccc3[nH]c4ccc(N(c5ccc(OC)cc5)c5ccc(OCCCCCC)cc5)cc4c3c2)cc1. The van der Waals surface area contributed by atoms with Gasteiger partial charge < -0.3 is 33.7 Å². The van der Waals surface area contributed by atoms with Crippen LogP contribution < -0.4 is 28.7 Å². The van der Waals surface area contributed by atoms with Crippen LogP contribution in [0.15, 0.2) is 133 Å². The molecule has 0 fully saturated rings. The third-order valence-electron chi connectivity index (χ3n) is 10.5. The summed E-state index contributed by atoms with van der Waals surface area (Å²) in [4.78, 5) is 8.24. The lowest BCUT2D eigenvalue weighted by molar-refractivity contribution is 0.305. The Labute approximate surface area is 337 Å².